The van der Waals surface area contributed by atoms with Gasteiger partial charge in [0.15, 0.2) is 0 Å². The van der Waals surface area contributed by atoms with Crippen LogP contribution in [0.15, 0.2) is 18.2 Å². The second-order valence-electron chi connectivity index (χ2n) is 6.35. The summed E-state index contributed by atoms with van der Waals surface area (Å²) in [5, 5.41) is 5.46. The number of nitrogens with one attached hydrogen (secondary N) is 2. The number of hydrogen-bond donors (Lipinski definition) is 2. The van der Waals surface area contributed by atoms with Crippen LogP contribution in [-0.4, -0.2) is 35.3 Å². The van der Waals surface area contributed by atoms with Gasteiger partial charge in [-0.2, -0.15) is 0 Å². The number of amides is 4. The zero-order chi connectivity index (χ0) is 17.9. The molecule has 6 nitrogen and oxygen atoms in total. The molecule has 0 aliphatic carbocycles. The van der Waals surface area contributed by atoms with E-state index in [0.717, 1.165) is 22.4 Å². The highest BCUT2D eigenvalue weighted by Gasteiger charge is 2.38. The molecule has 24 heavy (non-hydrogen) atoms. The van der Waals surface area contributed by atoms with E-state index in [-0.39, 0.29) is 24.4 Å². The Kier molecular flexibility index (Phi) is 5.59. The highest BCUT2D eigenvalue weighted by atomic mass is 16.2. The third-order valence-electron chi connectivity index (χ3n) is 4.39. The lowest BCUT2D eigenvalue weighted by atomic mass is 10.0. The van der Waals surface area contributed by atoms with Crippen molar-refractivity contribution >= 4 is 17.8 Å². The molecule has 0 saturated carbocycles. The van der Waals surface area contributed by atoms with Crippen LogP contribution in [0.5, 0.6) is 0 Å². The molecule has 1 aromatic rings. The van der Waals surface area contributed by atoms with E-state index < -0.39 is 12.1 Å². The molecule has 0 spiro atoms. The third kappa shape index (κ3) is 3.93. The molecule has 0 radical (unpaired) electrons. The first kappa shape index (κ1) is 18.0. The smallest absolute Gasteiger partial charge is 0.325 e. The number of carbonyl (C=O) groups excluding carboxylic acids is 3. The standard InChI is InChI=1S/C18H25N3O3/c1-5-6-15-17(23)21(18(24)20-15)10-16(22)19-13(4)14-8-7-11(2)12(3)9-14/h7-9,13,15H,5-6,10H2,1-4H3,(H,19,22)(H,20,24)/t13-,15-/m1/s1. The van der Waals surface area contributed by atoms with Gasteiger partial charge < -0.3 is 10.6 Å². The van der Waals surface area contributed by atoms with E-state index in [1.807, 2.05) is 45.9 Å². The lowest BCUT2D eigenvalue weighted by Crippen LogP contribution is -2.41. The minimum Gasteiger partial charge on any atom is -0.348 e. The molecule has 2 N–H and O–H groups in total. The van der Waals surface area contributed by atoms with Crippen LogP contribution < -0.4 is 10.6 Å². The van der Waals surface area contributed by atoms with E-state index >= 15 is 0 Å². The molecule has 1 aliphatic heterocycles. The fourth-order valence-corrected chi connectivity index (χ4v) is 2.76. The summed E-state index contributed by atoms with van der Waals surface area (Å²) in [4.78, 5) is 37.2. The molecule has 1 fully saturated rings. The summed E-state index contributed by atoms with van der Waals surface area (Å²) in [5.74, 6) is -0.669. The number of hydrogen-bond acceptors (Lipinski definition) is 3. The van der Waals surface area contributed by atoms with Gasteiger partial charge in [0.05, 0.1) is 6.04 Å². The van der Waals surface area contributed by atoms with Crippen LogP contribution in [0, 0.1) is 13.8 Å². The summed E-state index contributed by atoms with van der Waals surface area (Å²) in [6.07, 6.45) is 1.38. The number of aryl methyl sites for hydroxylation is 2. The van der Waals surface area contributed by atoms with Crippen molar-refractivity contribution in [2.45, 2.75) is 52.6 Å². The second kappa shape index (κ2) is 7.47. The molecule has 1 aromatic carbocycles. The van der Waals surface area contributed by atoms with E-state index in [9.17, 15) is 14.4 Å². The first-order chi connectivity index (χ1) is 11.3. The lowest BCUT2D eigenvalue weighted by Gasteiger charge is -2.18. The molecule has 1 saturated heterocycles. The zero-order valence-electron chi connectivity index (χ0n) is 14.7. The Morgan fingerprint density at radius 3 is 2.62 bits per heavy atom. The van der Waals surface area contributed by atoms with Crippen molar-refractivity contribution in [1.82, 2.24) is 15.5 Å². The second-order valence-corrected chi connectivity index (χ2v) is 6.35. The maximum atomic E-state index is 12.2. The monoisotopic (exact) mass is 331 g/mol. The predicted octanol–water partition coefficient (Wildman–Crippen LogP) is 2.20. The fourth-order valence-electron chi connectivity index (χ4n) is 2.76. The molecule has 0 bridgehead atoms. The molecule has 4 amide bonds. The van der Waals surface area contributed by atoms with Crippen LogP contribution in [0.25, 0.3) is 0 Å². The maximum absolute atomic E-state index is 12.2. The Bertz CT molecular complexity index is 657. The molecule has 2 rings (SSSR count). The topological polar surface area (TPSA) is 78.5 Å². The van der Waals surface area contributed by atoms with Crippen LogP contribution >= 0.6 is 0 Å². The van der Waals surface area contributed by atoms with Gasteiger partial charge in [0, 0.05) is 0 Å². The zero-order valence-corrected chi connectivity index (χ0v) is 14.7. The largest absolute Gasteiger partial charge is 0.348 e. The van der Waals surface area contributed by atoms with Crippen molar-refractivity contribution in [3.63, 3.8) is 0 Å². The van der Waals surface area contributed by atoms with E-state index in [1.54, 1.807) is 0 Å². The van der Waals surface area contributed by atoms with Crippen LogP contribution in [-0.2, 0) is 9.59 Å². The number of rotatable bonds is 6. The van der Waals surface area contributed by atoms with Crippen molar-refractivity contribution in [1.29, 1.82) is 0 Å². The van der Waals surface area contributed by atoms with E-state index in [1.165, 1.54) is 5.56 Å². The van der Waals surface area contributed by atoms with E-state index in [2.05, 4.69) is 10.6 Å². The van der Waals surface area contributed by atoms with Crippen LogP contribution in [0.2, 0.25) is 0 Å². The first-order valence-corrected chi connectivity index (χ1v) is 8.31. The van der Waals surface area contributed by atoms with Gasteiger partial charge in [-0.3, -0.25) is 14.5 Å². The molecule has 2 atom stereocenters. The van der Waals surface area contributed by atoms with Crippen molar-refractivity contribution < 1.29 is 14.4 Å². The van der Waals surface area contributed by atoms with Crippen LogP contribution in [0.3, 0.4) is 0 Å². The number of benzene rings is 1. The SMILES string of the molecule is CCC[C@H]1NC(=O)N(CC(=O)N[C@H](C)c2ccc(C)c(C)c2)C1=O. The number of nitrogens with zero attached hydrogens (tertiary/aromatic N) is 1. The Morgan fingerprint density at radius 2 is 2.00 bits per heavy atom. The Morgan fingerprint density at radius 1 is 1.29 bits per heavy atom. The highest BCUT2D eigenvalue weighted by molar-refractivity contribution is 6.06. The van der Waals surface area contributed by atoms with E-state index in [4.69, 9.17) is 0 Å². The number of carbonyl (C=O) groups is 3. The minimum absolute atomic E-state index is 0.191. The van der Waals surface area contributed by atoms with Gasteiger partial charge in [0.2, 0.25) is 5.91 Å². The third-order valence-corrected chi connectivity index (χ3v) is 4.39. The molecule has 0 unspecified atom stereocenters. The van der Waals surface area contributed by atoms with Gasteiger partial charge in [-0.25, -0.2) is 4.79 Å². The summed E-state index contributed by atoms with van der Waals surface area (Å²) in [7, 11) is 0. The van der Waals surface area contributed by atoms with Gasteiger partial charge in [-0.1, -0.05) is 31.5 Å². The summed E-state index contributed by atoms with van der Waals surface area (Å²) in [6.45, 7) is 7.63. The van der Waals surface area contributed by atoms with Gasteiger partial charge in [-0.05, 0) is 43.9 Å². The average Bonchev–Trinajstić information content (AvgIpc) is 2.78. The van der Waals surface area contributed by atoms with Gasteiger partial charge in [0.25, 0.3) is 5.91 Å². The number of imide groups is 1. The molecule has 1 aliphatic rings. The summed E-state index contributed by atoms with van der Waals surface area (Å²) < 4.78 is 0. The molecule has 1 heterocycles. The van der Waals surface area contributed by atoms with Crippen molar-refractivity contribution in [2.75, 3.05) is 6.54 Å². The predicted molar refractivity (Wildman–Crippen MR) is 91.4 cm³/mol. The van der Waals surface area contributed by atoms with Crippen LogP contribution in [0.1, 0.15) is 49.4 Å². The van der Waals surface area contributed by atoms with Gasteiger partial charge in [0.1, 0.15) is 12.6 Å². The fraction of sp³-hybridized carbons (Fsp3) is 0.500. The molecule has 6 heteroatoms. The average molecular weight is 331 g/mol. The first-order valence-electron chi connectivity index (χ1n) is 8.31. The maximum Gasteiger partial charge on any atom is 0.325 e. The minimum atomic E-state index is -0.507. The van der Waals surface area contributed by atoms with Crippen molar-refractivity contribution in [3.05, 3.63) is 34.9 Å². The molecule has 0 aromatic heterocycles. The van der Waals surface area contributed by atoms with Gasteiger partial charge in [-0.15, -0.1) is 0 Å². The Balaban J connectivity index is 1.96. The van der Waals surface area contributed by atoms with Gasteiger partial charge >= 0.3 is 6.03 Å². The molecular formula is C18H25N3O3. The summed E-state index contributed by atoms with van der Waals surface area (Å²) in [5.41, 5.74) is 3.34. The Hall–Kier alpha value is -2.37. The summed E-state index contributed by atoms with van der Waals surface area (Å²) >= 11 is 0. The van der Waals surface area contributed by atoms with Crippen LogP contribution in [0.4, 0.5) is 4.79 Å². The quantitative estimate of drug-likeness (QED) is 0.785. The summed E-state index contributed by atoms with van der Waals surface area (Å²) in [6, 6.07) is 4.83. The molecule has 130 valence electrons. The van der Waals surface area contributed by atoms with E-state index in [0.29, 0.717) is 6.42 Å². The number of urea groups is 1. The normalized spacial score (nSPS) is 18.5. The Labute approximate surface area is 142 Å². The highest BCUT2D eigenvalue weighted by Crippen LogP contribution is 2.17. The van der Waals surface area contributed by atoms with Crippen molar-refractivity contribution in [2.24, 2.45) is 0 Å². The lowest BCUT2D eigenvalue weighted by molar-refractivity contribution is -0.132. The van der Waals surface area contributed by atoms with Crippen molar-refractivity contribution in [3.8, 4) is 0 Å². The molecular weight excluding hydrogens is 306 g/mol.